The highest BCUT2D eigenvalue weighted by molar-refractivity contribution is 5.78. The number of hydrogen-bond acceptors (Lipinski definition) is 5. The van der Waals surface area contributed by atoms with Crippen LogP contribution in [0, 0.1) is 5.82 Å². The Balaban J connectivity index is 1.79. The molecule has 1 unspecified atom stereocenters. The monoisotopic (exact) mass is 374 g/mol. The highest BCUT2D eigenvalue weighted by Gasteiger charge is 2.15. The maximum atomic E-state index is 14.1. The van der Waals surface area contributed by atoms with E-state index in [0.717, 1.165) is 17.8 Å². The third-order valence-corrected chi connectivity index (χ3v) is 3.78. The second kappa shape index (κ2) is 7.94. The highest BCUT2D eigenvalue weighted by Crippen LogP contribution is 2.19. The maximum absolute atomic E-state index is 14.1. The van der Waals surface area contributed by atoms with E-state index >= 15 is 0 Å². The molecule has 0 amide bonds. The van der Waals surface area contributed by atoms with Crippen molar-refractivity contribution in [2.24, 2.45) is 0 Å². The van der Waals surface area contributed by atoms with Crippen molar-refractivity contribution in [3.8, 4) is 5.75 Å². The molecule has 0 saturated carbocycles. The van der Waals surface area contributed by atoms with Crippen molar-refractivity contribution in [2.45, 2.75) is 19.8 Å². The summed E-state index contributed by atoms with van der Waals surface area (Å²) in [4.78, 5) is 27.2. The summed E-state index contributed by atoms with van der Waals surface area (Å²) in [5.41, 5.74) is 0.383. The molecule has 3 aromatic rings. The number of esters is 1. The molecule has 6 nitrogen and oxygen atoms in total. The second-order valence-corrected chi connectivity index (χ2v) is 5.79. The quantitative estimate of drug-likeness (QED) is 0.620. The minimum atomic E-state index is -1.83. The summed E-state index contributed by atoms with van der Waals surface area (Å²) < 4.78 is 38.2. The summed E-state index contributed by atoms with van der Waals surface area (Å²) in [5, 5.41) is 0.195. The standard InChI is InChI=1S/C19H16F2N2O4/c1-12(24)26-10-18(21)23-11-22-17-8-15(5-6-16(17)19(23)25)27-9-13-3-2-4-14(20)7-13/h2-8,11,18H,9-10H2,1H3. The molecule has 0 radical (unpaired) electrons. The molecule has 1 aromatic heterocycles. The fraction of sp³-hybridized carbons (Fsp3) is 0.211. The number of alkyl halides is 1. The number of fused-ring (bicyclic) bond motifs is 1. The fourth-order valence-corrected chi connectivity index (χ4v) is 2.46. The fourth-order valence-electron chi connectivity index (χ4n) is 2.46. The van der Waals surface area contributed by atoms with Crippen LogP contribution in [0.1, 0.15) is 18.8 Å². The van der Waals surface area contributed by atoms with Crippen LogP contribution in [0.15, 0.2) is 53.6 Å². The molecule has 0 aliphatic carbocycles. The van der Waals surface area contributed by atoms with Crippen LogP contribution in [0.3, 0.4) is 0 Å². The van der Waals surface area contributed by atoms with Crippen molar-refractivity contribution in [3.05, 3.63) is 70.5 Å². The zero-order valence-electron chi connectivity index (χ0n) is 14.4. The van der Waals surface area contributed by atoms with E-state index in [-0.39, 0.29) is 17.8 Å². The molecule has 0 N–H and O–H groups in total. The first-order valence-corrected chi connectivity index (χ1v) is 8.09. The van der Waals surface area contributed by atoms with Gasteiger partial charge in [-0.05, 0) is 29.8 Å². The molecule has 27 heavy (non-hydrogen) atoms. The average Bonchev–Trinajstić information content (AvgIpc) is 2.65. The van der Waals surface area contributed by atoms with Crippen LogP contribution in [0.4, 0.5) is 8.78 Å². The van der Waals surface area contributed by atoms with E-state index in [9.17, 15) is 18.4 Å². The van der Waals surface area contributed by atoms with Gasteiger partial charge in [-0.1, -0.05) is 12.1 Å². The zero-order chi connectivity index (χ0) is 19.4. The molecule has 1 atom stereocenters. The van der Waals surface area contributed by atoms with E-state index in [4.69, 9.17) is 4.74 Å². The molecule has 2 aromatic carbocycles. The van der Waals surface area contributed by atoms with Crippen LogP contribution in [0.5, 0.6) is 5.75 Å². The Labute approximate surface area is 153 Å². The van der Waals surface area contributed by atoms with Crippen molar-refractivity contribution >= 4 is 16.9 Å². The number of aromatic nitrogens is 2. The number of ether oxygens (including phenoxy) is 2. The molecule has 0 bridgehead atoms. The number of carbonyl (C=O) groups is 1. The molecule has 8 heteroatoms. The Bertz CT molecular complexity index is 1040. The Morgan fingerprint density at radius 1 is 1.26 bits per heavy atom. The van der Waals surface area contributed by atoms with Crippen LogP contribution < -0.4 is 10.3 Å². The van der Waals surface area contributed by atoms with E-state index in [1.807, 2.05) is 0 Å². The summed E-state index contributed by atoms with van der Waals surface area (Å²) in [5.74, 6) is -0.556. The highest BCUT2D eigenvalue weighted by atomic mass is 19.1. The Kier molecular flexibility index (Phi) is 5.44. The lowest BCUT2D eigenvalue weighted by Crippen LogP contribution is -2.26. The molecule has 0 fully saturated rings. The normalized spacial score (nSPS) is 12.0. The number of nitrogens with zero attached hydrogens (tertiary/aromatic N) is 2. The van der Waals surface area contributed by atoms with Crippen LogP contribution in [0.25, 0.3) is 10.9 Å². The van der Waals surface area contributed by atoms with Gasteiger partial charge in [-0.3, -0.25) is 14.2 Å². The lowest BCUT2D eigenvalue weighted by atomic mass is 10.2. The van der Waals surface area contributed by atoms with Gasteiger partial charge in [0.1, 0.15) is 31.1 Å². The lowest BCUT2D eigenvalue weighted by Gasteiger charge is -2.12. The lowest BCUT2D eigenvalue weighted by molar-refractivity contribution is -0.143. The number of rotatable bonds is 6. The first-order chi connectivity index (χ1) is 12.9. The van der Waals surface area contributed by atoms with Crippen LogP contribution in [0.2, 0.25) is 0 Å². The molecule has 0 aliphatic heterocycles. The van der Waals surface area contributed by atoms with Crippen molar-refractivity contribution in [1.82, 2.24) is 9.55 Å². The predicted molar refractivity (Wildman–Crippen MR) is 93.5 cm³/mol. The van der Waals surface area contributed by atoms with Gasteiger partial charge in [0.05, 0.1) is 10.9 Å². The number of benzene rings is 2. The number of carbonyl (C=O) groups excluding carboxylic acids is 1. The predicted octanol–water partition coefficient (Wildman–Crippen LogP) is 3.15. The molecule has 0 spiro atoms. The number of halogens is 2. The van der Waals surface area contributed by atoms with E-state index in [1.54, 1.807) is 24.3 Å². The van der Waals surface area contributed by atoms with E-state index in [2.05, 4.69) is 9.72 Å². The van der Waals surface area contributed by atoms with Crippen LogP contribution in [-0.2, 0) is 16.1 Å². The first-order valence-electron chi connectivity index (χ1n) is 8.09. The number of hydrogen-bond donors (Lipinski definition) is 0. The van der Waals surface area contributed by atoms with Crippen molar-refractivity contribution < 1.29 is 23.0 Å². The molecule has 0 aliphatic rings. The van der Waals surface area contributed by atoms with Gasteiger partial charge in [0, 0.05) is 13.0 Å². The zero-order valence-corrected chi connectivity index (χ0v) is 14.4. The van der Waals surface area contributed by atoms with Gasteiger partial charge >= 0.3 is 5.97 Å². The maximum Gasteiger partial charge on any atom is 0.302 e. The van der Waals surface area contributed by atoms with Gasteiger partial charge in [-0.2, -0.15) is 0 Å². The molecule has 140 valence electrons. The molecular formula is C19H16F2N2O4. The Hall–Kier alpha value is -3.29. The van der Waals surface area contributed by atoms with Gasteiger partial charge < -0.3 is 9.47 Å². The topological polar surface area (TPSA) is 70.4 Å². The van der Waals surface area contributed by atoms with Crippen molar-refractivity contribution in [2.75, 3.05) is 6.61 Å². The summed E-state index contributed by atoms with van der Waals surface area (Å²) in [6, 6.07) is 10.6. The van der Waals surface area contributed by atoms with Crippen LogP contribution in [-0.4, -0.2) is 22.1 Å². The summed E-state index contributed by atoms with van der Waals surface area (Å²) >= 11 is 0. The molecule has 0 saturated heterocycles. The van der Waals surface area contributed by atoms with Gasteiger partial charge in [0.15, 0.2) is 0 Å². The summed E-state index contributed by atoms with van der Waals surface area (Å²) in [7, 11) is 0. The Morgan fingerprint density at radius 3 is 2.81 bits per heavy atom. The largest absolute Gasteiger partial charge is 0.489 e. The smallest absolute Gasteiger partial charge is 0.302 e. The first kappa shape index (κ1) is 18.5. The molecular weight excluding hydrogens is 358 g/mol. The van der Waals surface area contributed by atoms with E-state index < -0.39 is 24.4 Å². The second-order valence-electron chi connectivity index (χ2n) is 5.79. The molecule has 3 rings (SSSR count). The third-order valence-electron chi connectivity index (χ3n) is 3.78. The van der Waals surface area contributed by atoms with Gasteiger partial charge in [-0.15, -0.1) is 0 Å². The average molecular weight is 374 g/mol. The van der Waals surface area contributed by atoms with E-state index in [0.29, 0.717) is 16.8 Å². The summed E-state index contributed by atoms with van der Waals surface area (Å²) in [6.45, 7) is 0.728. The Morgan fingerprint density at radius 2 is 2.07 bits per heavy atom. The van der Waals surface area contributed by atoms with Gasteiger partial charge in [-0.25, -0.2) is 13.8 Å². The van der Waals surface area contributed by atoms with E-state index in [1.165, 1.54) is 18.2 Å². The SMILES string of the molecule is CC(=O)OCC(F)n1cnc2cc(OCc3cccc(F)c3)ccc2c1=O. The van der Waals surface area contributed by atoms with Crippen LogP contribution >= 0.6 is 0 Å². The van der Waals surface area contributed by atoms with Gasteiger partial charge in [0.2, 0.25) is 6.30 Å². The minimum Gasteiger partial charge on any atom is -0.489 e. The summed E-state index contributed by atoms with van der Waals surface area (Å²) in [6.07, 6.45) is -0.781. The van der Waals surface area contributed by atoms with Crippen molar-refractivity contribution in [3.63, 3.8) is 0 Å². The van der Waals surface area contributed by atoms with Gasteiger partial charge in [0.25, 0.3) is 5.56 Å². The molecule has 1 heterocycles. The third kappa shape index (κ3) is 4.46. The minimum absolute atomic E-state index is 0.148. The van der Waals surface area contributed by atoms with Crippen molar-refractivity contribution in [1.29, 1.82) is 0 Å².